The molecule has 0 saturated heterocycles. The Morgan fingerprint density at radius 3 is 2.72 bits per heavy atom. The quantitative estimate of drug-likeness (QED) is 0.670. The minimum atomic E-state index is -0.123. The maximum absolute atomic E-state index is 6.26. The van der Waals surface area contributed by atoms with Gasteiger partial charge in [0.2, 0.25) is 0 Å². The molecule has 98 valence electrons. The molecule has 0 aromatic carbocycles. The van der Waals surface area contributed by atoms with Gasteiger partial charge in [0.15, 0.2) is 0 Å². The second-order valence-corrected chi connectivity index (χ2v) is 5.84. The zero-order valence-corrected chi connectivity index (χ0v) is 12.2. The van der Waals surface area contributed by atoms with E-state index in [-0.39, 0.29) is 12.1 Å². The van der Waals surface area contributed by atoms with Crippen LogP contribution in [0.2, 0.25) is 5.02 Å². The van der Waals surface area contributed by atoms with Crippen LogP contribution in [0.4, 0.5) is 0 Å². The van der Waals surface area contributed by atoms with Crippen LogP contribution in [-0.2, 0) is 0 Å². The molecule has 0 amide bonds. The van der Waals surface area contributed by atoms with Crippen molar-refractivity contribution < 1.29 is 0 Å². The fraction of sp³-hybridized carbons (Fsp3) is 0.417. The molecule has 4 nitrogen and oxygen atoms in total. The molecule has 0 saturated carbocycles. The molecule has 2 rings (SSSR count). The van der Waals surface area contributed by atoms with E-state index in [1.807, 2.05) is 4.68 Å². The van der Waals surface area contributed by atoms with E-state index in [1.165, 1.54) is 10.4 Å². The van der Waals surface area contributed by atoms with Gasteiger partial charge in [-0.05, 0) is 37.8 Å². The van der Waals surface area contributed by atoms with E-state index in [0.29, 0.717) is 5.02 Å². The molecule has 0 fully saturated rings. The van der Waals surface area contributed by atoms with Gasteiger partial charge in [0, 0.05) is 10.9 Å². The summed E-state index contributed by atoms with van der Waals surface area (Å²) in [6.45, 7) is 6.21. The summed E-state index contributed by atoms with van der Waals surface area (Å²) in [5.41, 5.74) is 4.97. The summed E-state index contributed by atoms with van der Waals surface area (Å²) in [5.74, 6) is 5.72. The van der Waals surface area contributed by atoms with Crippen LogP contribution in [0.5, 0.6) is 0 Å². The summed E-state index contributed by atoms with van der Waals surface area (Å²) in [6, 6.07) is 2.19. The molecule has 3 N–H and O–H groups in total. The van der Waals surface area contributed by atoms with Crippen molar-refractivity contribution in [3.05, 3.63) is 38.8 Å². The second-order valence-electron chi connectivity index (χ2n) is 4.48. The fourth-order valence-electron chi connectivity index (χ4n) is 1.99. The van der Waals surface area contributed by atoms with Crippen molar-refractivity contribution in [2.45, 2.75) is 32.9 Å². The molecule has 2 heterocycles. The van der Waals surface area contributed by atoms with Gasteiger partial charge >= 0.3 is 0 Å². The monoisotopic (exact) mass is 284 g/mol. The second kappa shape index (κ2) is 5.40. The third-order valence-corrected chi connectivity index (χ3v) is 4.26. The van der Waals surface area contributed by atoms with Crippen LogP contribution in [-0.4, -0.2) is 9.78 Å². The summed E-state index contributed by atoms with van der Waals surface area (Å²) in [6.07, 6.45) is 1.67. The molecular formula is C12H17ClN4S. The number of nitrogens with two attached hydrogens (primary N) is 1. The molecular weight excluding hydrogens is 268 g/mol. The van der Waals surface area contributed by atoms with Crippen LogP contribution < -0.4 is 11.3 Å². The van der Waals surface area contributed by atoms with E-state index >= 15 is 0 Å². The molecule has 1 atom stereocenters. The zero-order valence-electron chi connectivity index (χ0n) is 10.6. The van der Waals surface area contributed by atoms with Crippen molar-refractivity contribution >= 4 is 22.9 Å². The number of nitrogens with one attached hydrogen (secondary N) is 1. The highest BCUT2D eigenvalue weighted by molar-refractivity contribution is 7.10. The smallest absolute Gasteiger partial charge is 0.0987 e. The Morgan fingerprint density at radius 2 is 2.22 bits per heavy atom. The lowest BCUT2D eigenvalue weighted by Gasteiger charge is -2.20. The summed E-state index contributed by atoms with van der Waals surface area (Å²) in [7, 11) is 0. The average Bonchev–Trinajstić information content (AvgIpc) is 2.89. The Hall–Kier alpha value is -0.880. The van der Waals surface area contributed by atoms with Gasteiger partial charge in [-0.15, -0.1) is 11.3 Å². The highest BCUT2D eigenvalue weighted by Gasteiger charge is 2.24. The van der Waals surface area contributed by atoms with Crippen molar-refractivity contribution in [3.8, 4) is 0 Å². The molecule has 0 spiro atoms. The lowest BCUT2D eigenvalue weighted by Crippen LogP contribution is -2.31. The average molecular weight is 285 g/mol. The van der Waals surface area contributed by atoms with Crippen molar-refractivity contribution in [1.29, 1.82) is 0 Å². The van der Waals surface area contributed by atoms with Crippen LogP contribution in [0.25, 0.3) is 0 Å². The number of halogens is 1. The van der Waals surface area contributed by atoms with Gasteiger partial charge in [0.25, 0.3) is 0 Å². The van der Waals surface area contributed by atoms with Crippen LogP contribution in [0.3, 0.4) is 0 Å². The highest BCUT2D eigenvalue weighted by Crippen LogP contribution is 2.33. The van der Waals surface area contributed by atoms with Crippen LogP contribution in [0.15, 0.2) is 17.6 Å². The van der Waals surface area contributed by atoms with Gasteiger partial charge in [-0.3, -0.25) is 10.5 Å². The van der Waals surface area contributed by atoms with Crippen LogP contribution in [0, 0.1) is 6.92 Å². The Morgan fingerprint density at radius 1 is 1.50 bits per heavy atom. The molecule has 2 aromatic heterocycles. The molecule has 1 unspecified atom stereocenters. The molecule has 2 aromatic rings. The predicted octanol–water partition coefficient (Wildman–Crippen LogP) is 3.04. The maximum Gasteiger partial charge on any atom is 0.0987 e. The van der Waals surface area contributed by atoms with E-state index in [2.05, 4.69) is 42.7 Å². The molecule has 18 heavy (non-hydrogen) atoms. The first-order valence-corrected chi connectivity index (χ1v) is 7.05. The van der Waals surface area contributed by atoms with Crippen molar-refractivity contribution in [2.75, 3.05) is 0 Å². The summed E-state index contributed by atoms with van der Waals surface area (Å²) in [4.78, 5) is 1.17. The SMILES string of the molecule is Cc1ccsc1C(NN)c1c(Cl)cnn1C(C)C. The van der Waals surface area contributed by atoms with E-state index < -0.39 is 0 Å². The van der Waals surface area contributed by atoms with Gasteiger partial charge in [-0.25, -0.2) is 5.43 Å². The summed E-state index contributed by atoms with van der Waals surface area (Å²) < 4.78 is 1.91. The summed E-state index contributed by atoms with van der Waals surface area (Å²) >= 11 is 7.92. The Labute approximate surface area is 116 Å². The number of hydrogen-bond donors (Lipinski definition) is 2. The first kappa shape index (κ1) is 13.5. The lowest BCUT2D eigenvalue weighted by atomic mass is 10.1. The third-order valence-electron chi connectivity index (χ3n) is 2.88. The van der Waals surface area contributed by atoms with Crippen LogP contribution in [0.1, 0.15) is 42.1 Å². The molecule has 0 radical (unpaired) electrons. The first-order chi connectivity index (χ1) is 8.56. The Balaban J connectivity index is 2.52. The molecule has 0 aliphatic rings. The van der Waals surface area contributed by atoms with Gasteiger partial charge in [0.1, 0.15) is 0 Å². The number of thiophene rings is 1. The molecule has 6 heteroatoms. The number of hydrazine groups is 1. The highest BCUT2D eigenvalue weighted by atomic mass is 35.5. The van der Waals surface area contributed by atoms with Gasteiger partial charge in [-0.1, -0.05) is 11.6 Å². The van der Waals surface area contributed by atoms with E-state index in [0.717, 1.165) is 5.69 Å². The number of aryl methyl sites for hydroxylation is 1. The van der Waals surface area contributed by atoms with Crippen molar-refractivity contribution in [1.82, 2.24) is 15.2 Å². The normalized spacial score (nSPS) is 13.2. The lowest BCUT2D eigenvalue weighted by molar-refractivity contribution is 0.478. The Kier molecular flexibility index (Phi) is 4.07. The fourth-order valence-corrected chi connectivity index (χ4v) is 3.22. The number of rotatable bonds is 4. The van der Waals surface area contributed by atoms with Crippen LogP contribution >= 0.6 is 22.9 Å². The predicted molar refractivity (Wildman–Crippen MR) is 75.8 cm³/mol. The van der Waals surface area contributed by atoms with E-state index in [1.54, 1.807) is 17.5 Å². The van der Waals surface area contributed by atoms with E-state index in [4.69, 9.17) is 17.4 Å². The standard InChI is InChI=1S/C12H17ClN4S/c1-7(2)17-11(9(13)6-15-17)10(16-14)12-8(3)4-5-18-12/h4-7,10,16H,14H2,1-3H3. The maximum atomic E-state index is 6.26. The third kappa shape index (κ3) is 2.31. The topological polar surface area (TPSA) is 55.9 Å². The van der Waals surface area contributed by atoms with Crippen molar-refractivity contribution in [2.24, 2.45) is 5.84 Å². The molecule has 0 aliphatic heterocycles. The number of aromatic nitrogens is 2. The minimum Gasteiger partial charge on any atom is -0.270 e. The largest absolute Gasteiger partial charge is 0.270 e. The number of nitrogens with zero attached hydrogens (tertiary/aromatic N) is 2. The molecule has 0 bridgehead atoms. The van der Waals surface area contributed by atoms with Gasteiger partial charge < -0.3 is 0 Å². The Bertz CT molecular complexity index is 532. The summed E-state index contributed by atoms with van der Waals surface area (Å²) in [5, 5.41) is 7.01. The van der Waals surface area contributed by atoms with E-state index in [9.17, 15) is 0 Å². The van der Waals surface area contributed by atoms with Gasteiger partial charge in [0.05, 0.1) is 23.0 Å². The molecule has 0 aliphatic carbocycles. The zero-order chi connectivity index (χ0) is 13.3. The van der Waals surface area contributed by atoms with Crippen molar-refractivity contribution in [3.63, 3.8) is 0 Å². The first-order valence-electron chi connectivity index (χ1n) is 5.79. The number of hydrogen-bond acceptors (Lipinski definition) is 4. The minimum absolute atomic E-state index is 0.123. The van der Waals surface area contributed by atoms with Gasteiger partial charge in [-0.2, -0.15) is 5.10 Å².